The van der Waals surface area contributed by atoms with Crippen LogP contribution >= 0.6 is 0 Å². The molecule has 5 nitrogen and oxygen atoms in total. The number of phenols is 1. The Kier molecular flexibility index (Phi) is 3.70. The Morgan fingerprint density at radius 1 is 1.09 bits per heavy atom. The molecule has 0 bridgehead atoms. The number of rotatable bonds is 4. The van der Waals surface area contributed by atoms with Crippen LogP contribution in [0.4, 0.5) is 0 Å². The molecule has 0 atom stereocenters. The average molecular weight is 298 g/mol. The summed E-state index contributed by atoms with van der Waals surface area (Å²) in [7, 11) is 0. The van der Waals surface area contributed by atoms with Crippen LogP contribution in [-0.2, 0) is 0 Å². The van der Waals surface area contributed by atoms with E-state index in [1.807, 2.05) is 6.92 Å². The molecule has 112 valence electrons. The van der Waals surface area contributed by atoms with Gasteiger partial charge in [0.25, 0.3) is 0 Å². The van der Waals surface area contributed by atoms with E-state index in [0.29, 0.717) is 23.3 Å². The van der Waals surface area contributed by atoms with Crippen molar-refractivity contribution in [1.82, 2.24) is 0 Å². The quantitative estimate of drug-likeness (QED) is 0.795. The van der Waals surface area contributed by atoms with Gasteiger partial charge in [-0.05, 0) is 43.3 Å². The fourth-order valence-corrected chi connectivity index (χ4v) is 2.07. The summed E-state index contributed by atoms with van der Waals surface area (Å²) >= 11 is 0. The zero-order chi connectivity index (χ0) is 15.5. The van der Waals surface area contributed by atoms with Gasteiger partial charge in [0, 0.05) is 6.07 Å². The molecule has 2 aromatic carbocycles. The van der Waals surface area contributed by atoms with Crippen molar-refractivity contribution >= 4 is 11.0 Å². The first-order valence-electron chi connectivity index (χ1n) is 6.82. The molecule has 0 fully saturated rings. The van der Waals surface area contributed by atoms with E-state index in [1.54, 1.807) is 24.3 Å². The molecule has 0 unspecified atom stereocenters. The molecule has 3 rings (SSSR count). The van der Waals surface area contributed by atoms with Gasteiger partial charge >= 0.3 is 0 Å². The van der Waals surface area contributed by atoms with Gasteiger partial charge in [-0.1, -0.05) is 0 Å². The standard InChI is InChI=1S/C17H14O5/c1-2-20-12-4-6-13(7-5-12)22-16-10-21-15-9-11(18)3-8-14(15)17(16)19/h3-10,18H,2H2,1H3. The number of aromatic hydroxyl groups is 1. The third kappa shape index (κ3) is 2.74. The van der Waals surface area contributed by atoms with Crippen molar-refractivity contribution in [2.45, 2.75) is 6.92 Å². The van der Waals surface area contributed by atoms with E-state index in [-0.39, 0.29) is 16.9 Å². The third-order valence-electron chi connectivity index (χ3n) is 3.09. The van der Waals surface area contributed by atoms with Gasteiger partial charge in [0.05, 0.1) is 12.0 Å². The molecule has 0 amide bonds. The summed E-state index contributed by atoms with van der Waals surface area (Å²) in [6.07, 6.45) is 1.24. The Hall–Kier alpha value is -2.95. The van der Waals surface area contributed by atoms with Crippen LogP contribution in [0.1, 0.15) is 6.92 Å². The number of ether oxygens (including phenoxy) is 2. The average Bonchev–Trinajstić information content (AvgIpc) is 2.52. The third-order valence-corrected chi connectivity index (χ3v) is 3.09. The van der Waals surface area contributed by atoms with Crippen LogP contribution in [0.25, 0.3) is 11.0 Å². The molecule has 0 aliphatic carbocycles. The molecule has 0 aliphatic heterocycles. The molecule has 1 aromatic heterocycles. The van der Waals surface area contributed by atoms with Crippen LogP contribution in [0.2, 0.25) is 0 Å². The lowest BCUT2D eigenvalue weighted by Crippen LogP contribution is -2.04. The predicted molar refractivity (Wildman–Crippen MR) is 81.8 cm³/mol. The fourth-order valence-electron chi connectivity index (χ4n) is 2.07. The van der Waals surface area contributed by atoms with E-state index >= 15 is 0 Å². The van der Waals surface area contributed by atoms with Gasteiger partial charge in [0.15, 0.2) is 0 Å². The summed E-state index contributed by atoms with van der Waals surface area (Å²) in [5.74, 6) is 1.36. The number of fused-ring (bicyclic) bond motifs is 1. The number of phenolic OH excluding ortho intramolecular Hbond substituents is 1. The van der Waals surface area contributed by atoms with Crippen molar-refractivity contribution < 1.29 is 19.0 Å². The van der Waals surface area contributed by atoms with Gasteiger partial charge in [-0.15, -0.1) is 0 Å². The second-order valence-electron chi connectivity index (χ2n) is 4.62. The monoisotopic (exact) mass is 298 g/mol. The lowest BCUT2D eigenvalue weighted by molar-refractivity contribution is 0.339. The molecule has 0 spiro atoms. The summed E-state index contributed by atoms with van der Waals surface area (Å²) < 4.78 is 16.2. The highest BCUT2D eigenvalue weighted by atomic mass is 16.5. The predicted octanol–water partition coefficient (Wildman–Crippen LogP) is 3.69. The van der Waals surface area contributed by atoms with E-state index in [0.717, 1.165) is 5.75 Å². The minimum Gasteiger partial charge on any atom is -0.508 e. The highest BCUT2D eigenvalue weighted by Crippen LogP contribution is 2.24. The van der Waals surface area contributed by atoms with Crippen molar-refractivity contribution in [3.05, 3.63) is 59.0 Å². The molecule has 0 saturated carbocycles. The van der Waals surface area contributed by atoms with Crippen molar-refractivity contribution in [1.29, 1.82) is 0 Å². The van der Waals surface area contributed by atoms with Crippen molar-refractivity contribution in [3.63, 3.8) is 0 Å². The van der Waals surface area contributed by atoms with Crippen LogP contribution in [0.3, 0.4) is 0 Å². The van der Waals surface area contributed by atoms with E-state index in [9.17, 15) is 9.90 Å². The van der Waals surface area contributed by atoms with Gasteiger partial charge in [-0.25, -0.2) is 0 Å². The van der Waals surface area contributed by atoms with Crippen molar-refractivity contribution in [3.8, 4) is 23.0 Å². The molecular weight excluding hydrogens is 284 g/mol. The normalized spacial score (nSPS) is 10.6. The largest absolute Gasteiger partial charge is 0.508 e. The van der Waals surface area contributed by atoms with Gasteiger partial charge in [-0.2, -0.15) is 0 Å². The summed E-state index contributed by atoms with van der Waals surface area (Å²) in [5.41, 5.74) is 0.0131. The molecule has 5 heteroatoms. The maximum Gasteiger partial charge on any atom is 0.235 e. The summed E-state index contributed by atoms with van der Waals surface area (Å²) in [4.78, 5) is 12.3. The zero-order valence-corrected chi connectivity index (χ0v) is 11.9. The molecule has 1 heterocycles. The van der Waals surface area contributed by atoms with Crippen LogP contribution in [0, 0.1) is 0 Å². The SMILES string of the molecule is CCOc1ccc(Oc2coc3cc(O)ccc3c2=O)cc1. The minimum atomic E-state index is -0.296. The first kappa shape index (κ1) is 14.0. The summed E-state index contributed by atoms with van der Waals surface area (Å²) in [6.45, 7) is 2.49. The van der Waals surface area contributed by atoms with Crippen LogP contribution in [-0.4, -0.2) is 11.7 Å². The number of hydrogen-bond acceptors (Lipinski definition) is 5. The zero-order valence-electron chi connectivity index (χ0n) is 11.9. The van der Waals surface area contributed by atoms with E-state index in [1.165, 1.54) is 24.5 Å². The summed E-state index contributed by atoms with van der Waals surface area (Å²) in [5, 5.41) is 9.74. The fraction of sp³-hybridized carbons (Fsp3) is 0.118. The Labute approximate surface area is 126 Å². The molecular formula is C17H14O5. The van der Waals surface area contributed by atoms with Gasteiger partial charge in [-0.3, -0.25) is 4.79 Å². The molecule has 3 aromatic rings. The smallest absolute Gasteiger partial charge is 0.235 e. The van der Waals surface area contributed by atoms with E-state index in [2.05, 4.69) is 0 Å². The Balaban J connectivity index is 1.92. The molecule has 1 N–H and O–H groups in total. The molecule has 22 heavy (non-hydrogen) atoms. The van der Waals surface area contributed by atoms with Crippen LogP contribution in [0.5, 0.6) is 23.0 Å². The Morgan fingerprint density at radius 3 is 2.55 bits per heavy atom. The van der Waals surface area contributed by atoms with Crippen LogP contribution in [0.15, 0.2) is 57.9 Å². The van der Waals surface area contributed by atoms with E-state index in [4.69, 9.17) is 13.9 Å². The van der Waals surface area contributed by atoms with Crippen molar-refractivity contribution in [2.75, 3.05) is 6.61 Å². The van der Waals surface area contributed by atoms with Crippen LogP contribution < -0.4 is 14.9 Å². The second-order valence-corrected chi connectivity index (χ2v) is 4.62. The van der Waals surface area contributed by atoms with Crippen molar-refractivity contribution in [2.24, 2.45) is 0 Å². The Bertz CT molecular complexity index is 849. The first-order chi connectivity index (χ1) is 10.7. The molecule has 0 aliphatic rings. The summed E-state index contributed by atoms with van der Waals surface area (Å²) in [6, 6.07) is 11.3. The van der Waals surface area contributed by atoms with E-state index < -0.39 is 0 Å². The molecule has 0 radical (unpaired) electrons. The minimum absolute atomic E-state index is 0.0378. The molecule has 0 saturated heterocycles. The second kappa shape index (κ2) is 5.81. The van der Waals surface area contributed by atoms with Gasteiger partial charge in [0.1, 0.15) is 29.1 Å². The first-order valence-corrected chi connectivity index (χ1v) is 6.82. The topological polar surface area (TPSA) is 68.9 Å². The lowest BCUT2D eigenvalue weighted by atomic mass is 10.2. The maximum atomic E-state index is 12.3. The highest BCUT2D eigenvalue weighted by Gasteiger charge is 2.09. The lowest BCUT2D eigenvalue weighted by Gasteiger charge is -2.07. The Morgan fingerprint density at radius 2 is 1.82 bits per heavy atom. The van der Waals surface area contributed by atoms with Gasteiger partial charge < -0.3 is 19.0 Å². The maximum absolute atomic E-state index is 12.3. The van der Waals surface area contributed by atoms with Gasteiger partial charge in [0.2, 0.25) is 11.2 Å². The number of hydrogen-bond donors (Lipinski definition) is 1. The highest BCUT2D eigenvalue weighted by molar-refractivity contribution is 5.78. The number of benzene rings is 2.